The fraction of sp³-hybridized carbons (Fsp3) is 0.429. The van der Waals surface area contributed by atoms with Crippen LogP contribution in [0.25, 0.3) is 0 Å². The Morgan fingerprint density at radius 2 is 2.14 bits per heavy atom. The summed E-state index contributed by atoms with van der Waals surface area (Å²) in [5.41, 5.74) is 2.72. The number of guanidine groups is 1. The molecule has 1 aliphatic rings. The molecule has 2 aromatic rings. The smallest absolute Gasteiger partial charge is 0.224 e. The molecule has 2 N–H and O–H groups in total. The van der Waals surface area contributed by atoms with Gasteiger partial charge < -0.3 is 15.5 Å². The summed E-state index contributed by atoms with van der Waals surface area (Å²) in [7, 11) is 0. The van der Waals surface area contributed by atoms with Gasteiger partial charge in [-0.15, -0.1) is 35.3 Å². The summed E-state index contributed by atoms with van der Waals surface area (Å²) >= 11 is 1.77. The Kier molecular flexibility index (Phi) is 9.35. The van der Waals surface area contributed by atoms with Gasteiger partial charge in [0.05, 0.1) is 6.54 Å². The number of amides is 1. The van der Waals surface area contributed by atoms with Gasteiger partial charge in [-0.2, -0.15) is 0 Å². The van der Waals surface area contributed by atoms with Crippen molar-refractivity contribution in [3.8, 4) is 0 Å². The van der Waals surface area contributed by atoms with E-state index >= 15 is 0 Å². The summed E-state index contributed by atoms with van der Waals surface area (Å²) in [6.07, 6.45) is 1.37. The van der Waals surface area contributed by atoms with Crippen molar-refractivity contribution < 1.29 is 9.18 Å². The Morgan fingerprint density at radius 3 is 2.90 bits per heavy atom. The summed E-state index contributed by atoms with van der Waals surface area (Å²) in [6.45, 7) is 6.85. The van der Waals surface area contributed by atoms with E-state index in [0.29, 0.717) is 37.6 Å². The number of thiophene rings is 1. The Labute approximate surface area is 192 Å². The first-order valence-electron chi connectivity index (χ1n) is 9.67. The molecule has 1 aliphatic heterocycles. The molecule has 0 fully saturated rings. The molecule has 8 heteroatoms. The molecular formula is C21H28FIN4OS. The van der Waals surface area contributed by atoms with E-state index in [0.717, 1.165) is 25.1 Å². The van der Waals surface area contributed by atoms with E-state index in [1.165, 1.54) is 16.5 Å². The lowest BCUT2D eigenvalue weighted by Crippen LogP contribution is -2.41. The van der Waals surface area contributed by atoms with Crippen LogP contribution >= 0.6 is 35.3 Å². The average molecular weight is 530 g/mol. The summed E-state index contributed by atoms with van der Waals surface area (Å²) < 4.78 is 13.7. The van der Waals surface area contributed by atoms with Gasteiger partial charge in [-0.05, 0) is 54.5 Å². The third-order valence-electron chi connectivity index (χ3n) is 4.79. The Bertz CT molecular complexity index is 855. The summed E-state index contributed by atoms with van der Waals surface area (Å²) in [6, 6.07) is 7.27. The highest BCUT2D eigenvalue weighted by Crippen LogP contribution is 2.24. The third-order valence-corrected chi connectivity index (χ3v) is 5.81. The van der Waals surface area contributed by atoms with E-state index in [1.54, 1.807) is 24.3 Å². The molecule has 5 nitrogen and oxygen atoms in total. The lowest BCUT2D eigenvalue weighted by Gasteiger charge is -2.27. The van der Waals surface area contributed by atoms with Crippen LogP contribution in [0.4, 0.5) is 4.39 Å². The van der Waals surface area contributed by atoms with Crippen LogP contribution in [-0.2, 0) is 24.3 Å². The Balaban J connectivity index is 0.00000300. The van der Waals surface area contributed by atoms with Gasteiger partial charge >= 0.3 is 0 Å². The van der Waals surface area contributed by atoms with Crippen molar-refractivity contribution in [1.29, 1.82) is 0 Å². The number of carbonyl (C=O) groups excluding carboxylic acids is 1. The first kappa shape index (κ1) is 23.6. The van der Waals surface area contributed by atoms with E-state index < -0.39 is 0 Å². The van der Waals surface area contributed by atoms with Crippen molar-refractivity contribution in [2.24, 2.45) is 4.99 Å². The molecule has 0 saturated heterocycles. The molecule has 0 spiro atoms. The quantitative estimate of drug-likeness (QED) is 0.339. The Morgan fingerprint density at radius 1 is 1.31 bits per heavy atom. The van der Waals surface area contributed by atoms with Gasteiger partial charge in [0.15, 0.2) is 5.96 Å². The number of nitrogens with one attached hydrogen (secondary N) is 2. The van der Waals surface area contributed by atoms with Crippen LogP contribution in [0.15, 0.2) is 34.6 Å². The van der Waals surface area contributed by atoms with E-state index in [4.69, 9.17) is 0 Å². The summed E-state index contributed by atoms with van der Waals surface area (Å²) in [5, 5.41) is 8.46. The molecule has 0 saturated carbocycles. The molecule has 158 valence electrons. The van der Waals surface area contributed by atoms with Crippen molar-refractivity contribution in [3.05, 3.63) is 57.0 Å². The number of nitrogens with zero attached hydrogens (tertiary/aromatic N) is 2. The van der Waals surface area contributed by atoms with Crippen LogP contribution in [0.2, 0.25) is 0 Å². The SMILES string of the molecule is CCNC(=NCc1ccc(C)c(F)c1)NCCC(=O)N1CCc2sccc2C1.I. The van der Waals surface area contributed by atoms with Gasteiger partial charge in [0, 0.05) is 37.5 Å². The van der Waals surface area contributed by atoms with E-state index in [1.807, 2.05) is 17.9 Å². The predicted octanol–water partition coefficient (Wildman–Crippen LogP) is 3.84. The number of hydrogen-bond acceptors (Lipinski definition) is 3. The van der Waals surface area contributed by atoms with E-state index in [9.17, 15) is 9.18 Å². The molecule has 0 atom stereocenters. The Hall–Kier alpha value is -1.68. The van der Waals surface area contributed by atoms with Crippen molar-refractivity contribution in [3.63, 3.8) is 0 Å². The zero-order valence-corrected chi connectivity index (χ0v) is 20.0. The van der Waals surface area contributed by atoms with Crippen LogP contribution in [-0.4, -0.2) is 36.4 Å². The fourth-order valence-electron chi connectivity index (χ4n) is 3.15. The van der Waals surface area contributed by atoms with Crippen molar-refractivity contribution in [1.82, 2.24) is 15.5 Å². The number of hydrogen-bond donors (Lipinski definition) is 2. The van der Waals surface area contributed by atoms with Gasteiger partial charge in [-0.25, -0.2) is 9.38 Å². The number of aliphatic imine (C=N–C) groups is 1. The van der Waals surface area contributed by atoms with Gasteiger partial charge in [0.25, 0.3) is 0 Å². The molecule has 0 aliphatic carbocycles. The van der Waals surface area contributed by atoms with Gasteiger partial charge in [-0.1, -0.05) is 12.1 Å². The van der Waals surface area contributed by atoms with Gasteiger partial charge in [-0.3, -0.25) is 4.79 Å². The summed E-state index contributed by atoms with van der Waals surface area (Å²) in [4.78, 5) is 20.3. The molecular weight excluding hydrogens is 502 g/mol. The van der Waals surface area contributed by atoms with Crippen LogP contribution in [0.1, 0.15) is 34.9 Å². The standard InChI is InChI=1S/C21H27FN4OS.HI/c1-3-23-21(25-13-16-5-4-15(2)18(22)12-16)24-9-6-20(27)26-10-7-19-17(14-26)8-11-28-19;/h4-5,8,11-12H,3,6-7,9-10,13-14H2,1-2H3,(H2,23,24,25);1H. The molecule has 0 unspecified atom stereocenters. The monoisotopic (exact) mass is 530 g/mol. The molecule has 29 heavy (non-hydrogen) atoms. The predicted molar refractivity (Wildman–Crippen MR) is 127 cm³/mol. The minimum absolute atomic E-state index is 0. The van der Waals surface area contributed by atoms with Crippen LogP contribution in [0.5, 0.6) is 0 Å². The molecule has 1 aromatic carbocycles. The normalized spacial score (nSPS) is 13.5. The molecule has 2 heterocycles. The molecule has 1 amide bonds. The van der Waals surface area contributed by atoms with Crippen molar-refractivity contribution in [2.75, 3.05) is 19.6 Å². The minimum atomic E-state index is -0.216. The molecule has 1 aromatic heterocycles. The molecule has 0 bridgehead atoms. The first-order valence-corrected chi connectivity index (χ1v) is 10.5. The second kappa shape index (κ2) is 11.5. The first-order chi connectivity index (χ1) is 13.6. The zero-order valence-electron chi connectivity index (χ0n) is 16.8. The topological polar surface area (TPSA) is 56.7 Å². The van der Waals surface area contributed by atoms with Crippen LogP contribution in [0.3, 0.4) is 0 Å². The maximum Gasteiger partial charge on any atom is 0.224 e. The summed E-state index contributed by atoms with van der Waals surface area (Å²) in [5.74, 6) is 0.572. The highest BCUT2D eigenvalue weighted by molar-refractivity contribution is 14.0. The minimum Gasteiger partial charge on any atom is -0.357 e. The second-order valence-electron chi connectivity index (χ2n) is 6.89. The largest absolute Gasteiger partial charge is 0.357 e. The molecule has 3 rings (SSSR count). The third kappa shape index (κ3) is 6.67. The lowest BCUT2D eigenvalue weighted by atomic mass is 10.1. The van der Waals surface area contributed by atoms with Crippen LogP contribution < -0.4 is 10.6 Å². The number of rotatable bonds is 6. The van der Waals surface area contributed by atoms with E-state index in [-0.39, 0.29) is 35.7 Å². The number of halogens is 2. The van der Waals surface area contributed by atoms with Gasteiger partial charge in [0.1, 0.15) is 5.82 Å². The fourth-order valence-corrected chi connectivity index (χ4v) is 4.04. The number of carbonyl (C=O) groups is 1. The highest BCUT2D eigenvalue weighted by Gasteiger charge is 2.20. The van der Waals surface area contributed by atoms with Crippen molar-refractivity contribution >= 4 is 47.2 Å². The second-order valence-corrected chi connectivity index (χ2v) is 7.89. The van der Waals surface area contributed by atoms with Crippen LogP contribution in [0, 0.1) is 12.7 Å². The van der Waals surface area contributed by atoms with Crippen molar-refractivity contribution in [2.45, 2.75) is 39.8 Å². The maximum atomic E-state index is 13.7. The number of aryl methyl sites for hydroxylation is 1. The number of benzene rings is 1. The zero-order chi connectivity index (χ0) is 19.9. The lowest BCUT2D eigenvalue weighted by molar-refractivity contribution is -0.131. The maximum absolute atomic E-state index is 13.7. The highest BCUT2D eigenvalue weighted by atomic mass is 127. The van der Waals surface area contributed by atoms with Gasteiger partial charge in [0.2, 0.25) is 5.91 Å². The molecule has 0 radical (unpaired) electrons. The average Bonchev–Trinajstić information content (AvgIpc) is 3.16. The number of fused-ring (bicyclic) bond motifs is 1. The van der Waals surface area contributed by atoms with E-state index in [2.05, 4.69) is 27.1 Å².